The molecule has 122 valence electrons. The molecule has 1 heterocycles. The highest BCUT2D eigenvalue weighted by atomic mass is 16.2. The SMILES string of the molecule is C[C@@H]1[C@@H](NCC(=O)N2[C@H](C#N)CC[C@@H]2C)C[C@H]2C[C@@H]1C2(C)C. The molecule has 22 heavy (non-hydrogen) atoms. The predicted octanol–water partition coefficient (Wildman–Crippen LogP) is 2.55. The minimum atomic E-state index is -0.222. The lowest BCUT2D eigenvalue weighted by Gasteiger charge is -2.62. The Labute approximate surface area is 134 Å². The molecule has 3 saturated carbocycles. The molecule has 4 fully saturated rings. The summed E-state index contributed by atoms with van der Waals surface area (Å²) in [5.74, 6) is 2.33. The van der Waals surface area contributed by atoms with Crippen LogP contribution in [-0.2, 0) is 4.79 Å². The Kier molecular flexibility index (Phi) is 3.97. The van der Waals surface area contributed by atoms with Gasteiger partial charge in [-0.25, -0.2) is 0 Å². The van der Waals surface area contributed by atoms with Crippen molar-refractivity contribution in [3.8, 4) is 6.07 Å². The summed E-state index contributed by atoms with van der Waals surface area (Å²) in [7, 11) is 0. The van der Waals surface area contributed by atoms with E-state index in [-0.39, 0.29) is 18.0 Å². The third-order valence-corrected chi connectivity index (χ3v) is 6.98. The van der Waals surface area contributed by atoms with Crippen molar-refractivity contribution < 1.29 is 4.79 Å². The second-order valence-corrected chi connectivity index (χ2v) is 8.31. The standard InChI is InChI=1S/C18H29N3O/c1-11-5-6-14(9-19)21(11)17(22)10-20-16-8-13-7-15(12(16)2)18(13,3)4/h11-16,20H,5-8,10H2,1-4H3/t11-,12-,13+,14-,15-,16-/m0/s1. The fourth-order valence-electron chi connectivity index (χ4n) is 5.26. The van der Waals surface area contributed by atoms with Crippen LogP contribution in [0.25, 0.3) is 0 Å². The third kappa shape index (κ3) is 2.34. The van der Waals surface area contributed by atoms with Crippen molar-refractivity contribution in [3.05, 3.63) is 0 Å². The van der Waals surface area contributed by atoms with Crippen molar-refractivity contribution in [2.75, 3.05) is 6.54 Å². The minimum absolute atomic E-state index is 0.0993. The molecular formula is C18H29N3O. The molecule has 4 rings (SSSR count). The lowest BCUT2D eigenvalue weighted by molar-refractivity contribution is -0.134. The quantitative estimate of drug-likeness (QED) is 0.871. The van der Waals surface area contributed by atoms with E-state index in [4.69, 9.17) is 0 Å². The number of hydrogen-bond donors (Lipinski definition) is 1. The average Bonchev–Trinajstić information content (AvgIpc) is 2.86. The fraction of sp³-hybridized carbons (Fsp3) is 0.889. The summed E-state index contributed by atoms with van der Waals surface area (Å²) in [6.07, 6.45) is 4.32. The Hall–Kier alpha value is -1.08. The first-order chi connectivity index (χ1) is 10.4. The highest BCUT2D eigenvalue weighted by Crippen LogP contribution is 2.61. The molecule has 1 aliphatic heterocycles. The number of hydrogen-bond acceptors (Lipinski definition) is 3. The van der Waals surface area contributed by atoms with Gasteiger partial charge >= 0.3 is 0 Å². The number of fused-ring (bicyclic) bond motifs is 2. The van der Waals surface area contributed by atoms with E-state index in [9.17, 15) is 10.1 Å². The van der Waals surface area contributed by atoms with Crippen molar-refractivity contribution in [2.24, 2.45) is 23.2 Å². The Morgan fingerprint density at radius 1 is 1.32 bits per heavy atom. The van der Waals surface area contributed by atoms with E-state index in [2.05, 4.69) is 39.1 Å². The van der Waals surface area contributed by atoms with Gasteiger partial charge in [0, 0.05) is 12.1 Å². The van der Waals surface area contributed by atoms with Crippen LogP contribution in [0.2, 0.25) is 0 Å². The summed E-state index contributed by atoms with van der Waals surface area (Å²) in [6.45, 7) is 9.56. The van der Waals surface area contributed by atoms with Gasteiger partial charge in [-0.15, -0.1) is 0 Å². The first-order valence-corrected chi connectivity index (χ1v) is 8.80. The molecule has 6 atom stereocenters. The zero-order chi connectivity index (χ0) is 16.1. The van der Waals surface area contributed by atoms with Gasteiger partial charge in [-0.3, -0.25) is 4.79 Å². The zero-order valence-corrected chi connectivity index (χ0v) is 14.3. The first-order valence-electron chi connectivity index (χ1n) is 8.80. The maximum absolute atomic E-state index is 12.5. The van der Waals surface area contributed by atoms with Crippen LogP contribution in [0.15, 0.2) is 0 Å². The van der Waals surface area contributed by atoms with E-state index < -0.39 is 0 Å². The van der Waals surface area contributed by atoms with E-state index in [1.165, 1.54) is 12.8 Å². The summed E-state index contributed by atoms with van der Waals surface area (Å²) < 4.78 is 0. The Morgan fingerprint density at radius 2 is 2.05 bits per heavy atom. The Morgan fingerprint density at radius 3 is 2.64 bits per heavy atom. The molecule has 0 aromatic heterocycles. The normalized spacial score (nSPS) is 42.6. The van der Waals surface area contributed by atoms with Gasteiger partial charge in [0.15, 0.2) is 0 Å². The lowest BCUT2D eigenvalue weighted by Crippen LogP contribution is -2.60. The number of nitrogens with zero attached hydrogens (tertiary/aromatic N) is 2. The monoisotopic (exact) mass is 303 g/mol. The molecule has 1 amide bonds. The van der Waals surface area contributed by atoms with Crippen LogP contribution in [0.1, 0.15) is 53.4 Å². The topological polar surface area (TPSA) is 56.1 Å². The van der Waals surface area contributed by atoms with Crippen LogP contribution in [0, 0.1) is 34.5 Å². The molecule has 1 saturated heterocycles. The van der Waals surface area contributed by atoms with Gasteiger partial charge in [0.1, 0.15) is 6.04 Å². The number of nitriles is 1. The van der Waals surface area contributed by atoms with Gasteiger partial charge in [0.2, 0.25) is 5.91 Å². The first kappa shape index (κ1) is 15.8. The Bertz CT molecular complexity index is 495. The predicted molar refractivity (Wildman–Crippen MR) is 85.9 cm³/mol. The number of rotatable bonds is 3. The molecule has 0 spiro atoms. The van der Waals surface area contributed by atoms with E-state index in [0.717, 1.165) is 24.7 Å². The summed E-state index contributed by atoms with van der Waals surface area (Å²) in [4.78, 5) is 14.3. The molecule has 1 N–H and O–H groups in total. The van der Waals surface area contributed by atoms with Crippen molar-refractivity contribution in [3.63, 3.8) is 0 Å². The highest BCUT2D eigenvalue weighted by Gasteiger charge is 2.56. The number of amides is 1. The lowest BCUT2D eigenvalue weighted by atomic mass is 9.45. The minimum Gasteiger partial charge on any atom is -0.323 e. The van der Waals surface area contributed by atoms with Crippen LogP contribution in [0.4, 0.5) is 0 Å². The van der Waals surface area contributed by atoms with Crippen LogP contribution in [0.3, 0.4) is 0 Å². The maximum atomic E-state index is 12.5. The summed E-state index contributed by atoms with van der Waals surface area (Å²) in [6, 6.07) is 2.71. The van der Waals surface area contributed by atoms with Crippen LogP contribution in [0.5, 0.6) is 0 Å². The largest absolute Gasteiger partial charge is 0.323 e. The van der Waals surface area contributed by atoms with E-state index in [1.807, 2.05) is 0 Å². The van der Waals surface area contributed by atoms with E-state index >= 15 is 0 Å². The van der Waals surface area contributed by atoms with E-state index in [1.54, 1.807) is 4.90 Å². The van der Waals surface area contributed by atoms with Crippen molar-refractivity contribution >= 4 is 5.91 Å². The van der Waals surface area contributed by atoms with Crippen LogP contribution in [-0.4, -0.2) is 35.5 Å². The molecule has 2 bridgehead atoms. The van der Waals surface area contributed by atoms with Crippen molar-refractivity contribution in [1.82, 2.24) is 10.2 Å². The third-order valence-electron chi connectivity index (χ3n) is 6.98. The van der Waals surface area contributed by atoms with E-state index in [0.29, 0.717) is 23.9 Å². The molecule has 4 aliphatic rings. The number of likely N-dealkylation sites (tertiary alicyclic amines) is 1. The number of nitrogens with one attached hydrogen (secondary N) is 1. The second kappa shape index (κ2) is 5.53. The molecule has 0 unspecified atom stereocenters. The number of carbonyl (C=O) groups is 1. The molecule has 0 radical (unpaired) electrons. The highest BCUT2D eigenvalue weighted by molar-refractivity contribution is 5.79. The van der Waals surface area contributed by atoms with Crippen LogP contribution < -0.4 is 5.32 Å². The second-order valence-electron chi connectivity index (χ2n) is 8.31. The Balaban J connectivity index is 1.55. The van der Waals surface area contributed by atoms with Crippen molar-refractivity contribution in [2.45, 2.75) is 71.5 Å². The molecular weight excluding hydrogens is 274 g/mol. The van der Waals surface area contributed by atoms with Gasteiger partial charge in [-0.1, -0.05) is 20.8 Å². The molecule has 3 aliphatic carbocycles. The average molecular weight is 303 g/mol. The zero-order valence-electron chi connectivity index (χ0n) is 14.3. The van der Waals surface area contributed by atoms with Gasteiger partial charge in [-0.2, -0.15) is 5.26 Å². The molecule has 4 nitrogen and oxygen atoms in total. The summed E-state index contributed by atoms with van der Waals surface area (Å²) >= 11 is 0. The van der Waals surface area contributed by atoms with Gasteiger partial charge in [0.25, 0.3) is 0 Å². The van der Waals surface area contributed by atoms with Gasteiger partial charge in [-0.05, 0) is 55.8 Å². The smallest absolute Gasteiger partial charge is 0.237 e. The molecule has 4 heteroatoms. The van der Waals surface area contributed by atoms with Crippen molar-refractivity contribution in [1.29, 1.82) is 5.26 Å². The van der Waals surface area contributed by atoms with Crippen LogP contribution >= 0.6 is 0 Å². The molecule has 0 aromatic carbocycles. The van der Waals surface area contributed by atoms with Gasteiger partial charge < -0.3 is 10.2 Å². The van der Waals surface area contributed by atoms with Gasteiger partial charge in [0.05, 0.1) is 12.6 Å². The summed E-state index contributed by atoms with van der Waals surface area (Å²) in [5, 5.41) is 12.7. The summed E-state index contributed by atoms with van der Waals surface area (Å²) in [5.41, 5.74) is 0.483. The fourth-order valence-corrected chi connectivity index (χ4v) is 5.26. The molecule has 0 aromatic rings. The number of carbonyl (C=O) groups excluding carboxylic acids is 1. The maximum Gasteiger partial charge on any atom is 0.237 e.